The summed E-state index contributed by atoms with van der Waals surface area (Å²) >= 11 is 0. The lowest BCUT2D eigenvalue weighted by atomic mass is 10.1. The standard InChI is InChI=1S/C19H23N3O6/c1-3-28-19(27)21-8-6-20(7-9-21)15-11-16(23)22(17(15)24)14-10-13(18(25)26)5-4-12(14)2/h4-5,10,15H,3,6-9,11H2,1-2H3,(H,25,26). The number of benzene rings is 1. The number of aryl methyl sites for hydroxylation is 1. The minimum absolute atomic E-state index is 0.0210. The number of ether oxygens (including phenoxy) is 1. The molecule has 1 aromatic carbocycles. The van der Waals surface area contributed by atoms with E-state index in [9.17, 15) is 24.3 Å². The smallest absolute Gasteiger partial charge is 0.409 e. The van der Waals surface area contributed by atoms with E-state index in [0.29, 0.717) is 44.0 Å². The highest BCUT2D eigenvalue weighted by Gasteiger charge is 2.44. The summed E-state index contributed by atoms with van der Waals surface area (Å²) in [6, 6.07) is 3.78. The van der Waals surface area contributed by atoms with Crippen LogP contribution >= 0.6 is 0 Å². The van der Waals surface area contributed by atoms with E-state index < -0.39 is 12.0 Å². The Bertz CT molecular complexity index is 816. The molecule has 1 N–H and O–H groups in total. The van der Waals surface area contributed by atoms with Crippen molar-refractivity contribution in [2.45, 2.75) is 26.3 Å². The molecular weight excluding hydrogens is 366 g/mol. The van der Waals surface area contributed by atoms with E-state index in [2.05, 4.69) is 0 Å². The molecule has 3 rings (SSSR count). The minimum Gasteiger partial charge on any atom is -0.478 e. The van der Waals surface area contributed by atoms with Gasteiger partial charge in [0, 0.05) is 26.2 Å². The fourth-order valence-electron chi connectivity index (χ4n) is 3.57. The van der Waals surface area contributed by atoms with Crippen LogP contribution in [0.25, 0.3) is 0 Å². The monoisotopic (exact) mass is 389 g/mol. The summed E-state index contributed by atoms with van der Waals surface area (Å²) in [6.07, 6.45) is -0.340. The van der Waals surface area contributed by atoms with Crippen molar-refractivity contribution in [2.24, 2.45) is 0 Å². The van der Waals surface area contributed by atoms with Gasteiger partial charge in [0.2, 0.25) is 5.91 Å². The van der Waals surface area contributed by atoms with Crippen LogP contribution in [0.15, 0.2) is 18.2 Å². The zero-order chi connectivity index (χ0) is 20.4. The van der Waals surface area contributed by atoms with Crippen molar-refractivity contribution in [3.63, 3.8) is 0 Å². The highest BCUT2D eigenvalue weighted by Crippen LogP contribution is 2.29. The predicted octanol–water partition coefficient (Wildman–Crippen LogP) is 1.10. The van der Waals surface area contributed by atoms with Crippen molar-refractivity contribution >= 4 is 29.6 Å². The maximum absolute atomic E-state index is 13.0. The number of nitrogens with zero attached hydrogens (tertiary/aromatic N) is 3. The number of piperazine rings is 1. The van der Waals surface area contributed by atoms with Crippen molar-refractivity contribution in [1.29, 1.82) is 0 Å². The third kappa shape index (κ3) is 3.70. The Morgan fingerprint density at radius 1 is 1.18 bits per heavy atom. The first-order chi connectivity index (χ1) is 13.3. The second kappa shape index (κ2) is 7.97. The lowest BCUT2D eigenvalue weighted by molar-refractivity contribution is -0.123. The number of amides is 3. The predicted molar refractivity (Wildman–Crippen MR) is 99.2 cm³/mol. The summed E-state index contributed by atoms with van der Waals surface area (Å²) in [5.74, 6) is -1.83. The molecule has 2 saturated heterocycles. The maximum Gasteiger partial charge on any atom is 0.409 e. The van der Waals surface area contributed by atoms with Crippen LogP contribution in [0, 0.1) is 6.92 Å². The third-order valence-corrected chi connectivity index (χ3v) is 5.10. The first kappa shape index (κ1) is 19.8. The van der Waals surface area contributed by atoms with Gasteiger partial charge < -0.3 is 14.7 Å². The number of carbonyl (C=O) groups is 4. The van der Waals surface area contributed by atoms with Crippen molar-refractivity contribution in [3.8, 4) is 0 Å². The lowest BCUT2D eigenvalue weighted by Crippen LogP contribution is -2.54. The van der Waals surface area contributed by atoms with Crippen LogP contribution in [0.3, 0.4) is 0 Å². The Balaban J connectivity index is 1.74. The third-order valence-electron chi connectivity index (χ3n) is 5.10. The van der Waals surface area contributed by atoms with Gasteiger partial charge in [-0.1, -0.05) is 6.07 Å². The van der Waals surface area contributed by atoms with Crippen LogP contribution < -0.4 is 4.90 Å². The van der Waals surface area contributed by atoms with Gasteiger partial charge in [0.05, 0.1) is 30.3 Å². The Morgan fingerprint density at radius 3 is 2.46 bits per heavy atom. The summed E-state index contributed by atoms with van der Waals surface area (Å²) in [7, 11) is 0. The van der Waals surface area contributed by atoms with E-state index >= 15 is 0 Å². The van der Waals surface area contributed by atoms with E-state index in [-0.39, 0.29) is 29.9 Å². The van der Waals surface area contributed by atoms with E-state index in [1.807, 2.05) is 4.90 Å². The number of rotatable bonds is 4. The van der Waals surface area contributed by atoms with Gasteiger partial charge in [-0.3, -0.25) is 14.5 Å². The van der Waals surface area contributed by atoms with Gasteiger partial charge in [-0.05, 0) is 31.5 Å². The number of imide groups is 1. The molecular formula is C19H23N3O6. The number of carboxylic acids is 1. The Kier molecular flexibility index (Phi) is 5.64. The lowest BCUT2D eigenvalue weighted by Gasteiger charge is -2.36. The number of hydrogen-bond donors (Lipinski definition) is 1. The number of aromatic carboxylic acids is 1. The van der Waals surface area contributed by atoms with Gasteiger partial charge in [0.1, 0.15) is 0 Å². The molecule has 3 amide bonds. The summed E-state index contributed by atoms with van der Waals surface area (Å²) in [6.45, 7) is 5.54. The molecule has 28 heavy (non-hydrogen) atoms. The highest BCUT2D eigenvalue weighted by atomic mass is 16.6. The number of carboxylic acid groups (broad SMARTS) is 1. The molecule has 0 saturated carbocycles. The van der Waals surface area contributed by atoms with Crippen molar-refractivity contribution in [3.05, 3.63) is 29.3 Å². The van der Waals surface area contributed by atoms with E-state index in [0.717, 1.165) is 4.90 Å². The van der Waals surface area contributed by atoms with Crippen LogP contribution in [0.2, 0.25) is 0 Å². The molecule has 2 aliphatic rings. The van der Waals surface area contributed by atoms with Gasteiger partial charge in [-0.15, -0.1) is 0 Å². The maximum atomic E-state index is 13.0. The molecule has 2 heterocycles. The zero-order valence-electron chi connectivity index (χ0n) is 15.9. The Hall–Kier alpha value is -2.94. The van der Waals surface area contributed by atoms with Crippen molar-refractivity contribution in [1.82, 2.24) is 9.80 Å². The van der Waals surface area contributed by atoms with Crippen LogP contribution in [0.5, 0.6) is 0 Å². The summed E-state index contributed by atoms with van der Waals surface area (Å²) in [5, 5.41) is 9.20. The first-order valence-corrected chi connectivity index (χ1v) is 9.20. The van der Waals surface area contributed by atoms with Crippen LogP contribution in [-0.4, -0.2) is 77.6 Å². The highest BCUT2D eigenvalue weighted by molar-refractivity contribution is 6.23. The van der Waals surface area contributed by atoms with E-state index in [1.165, 1.54) is 12.1 Å². The quantitative estimate of drug-likeness (QED) is 0.768. The summed E-state index contributed by atoms with van der Waals surface area (Å²) in [4.78, 5) is 53.2. The van der Waals surface area contributed by atoms with Gasteiger partial charge in [-0.2, -0.15) is 0 Å². The molecule has 9 heteroatoms. The average molecular weight is 389 g/mol. The van der Waals surface area contributed by atoms with Crippen LogP contribution in [0.1, 0.15) is 29.3 Å². The number of carbonyl (C=O) groups excluding carboxylic acids is 3. The SMILES string of the molecule is CCOC(=O)N1CCN(C2CC(=O)N(c3cc(C(=O)O)ccc3C)C2=O)CC1. The molecule has 1 aromatic rings. The van der Waals surface area contributed by atoms with Crippen molar-refractivity contribution < 1.29 is 29.0 Å². The van der Waals surface area contributed by atoms with Crippen LogP contribution in [0.4, 0.5) is 10.5 Å². The van der Waals surface area contributed by atoms with Gasteiger partial charge in [-0.25, -0.2) is 14.5 Å². The summed E-state index contributed by atoms with van der Waals surface area (Å²) in [5.41, 5.74) is 0.981. The van der Waals surface area contributed by atoms with E-state index in [1.54, 1.807) is 24.8 Å². The number of anilines is 1. The molecule has 0 spiro atoms. The zero-order valence-corrected chi connectivity index (χ0v) is 15.9. The Morgan fingerprint density at radius 2 is 1.86 bits per heavy atom. The molecule has 0 aliphatic carbocycles. The molecule has 9 nitrogen and oxygen atoms in total. The second-order valence-electron chi connectivity index (χ2n) is 6.82. The molecule has 1 unspecified atom stereocenters. The fraction of sp³-hybridized carbons (Fsp3) is 0.474. The molecule has 150 valence electrons. The molecule has 2 fully saturated rings. The molecule has 1 atom stereocenters. The van der Waals surface area contributed by atoms with E-state index in [4.69, 9.17) is 4.74 Å². The van der Waals surface area contributed by atoms with Gasteiger partial charge >= 0.3 is 12.1 Å². The first-order valence-electron chi connectivity index (χ1n) is 9.20. The molecule has 2 aliphatic heterocycles. The molecule has 0 radical (unpaired) electrons. The number of hydrogen-bond acceptors (Lipinski definition) is 6. The van der Waals surface area contributed by atoms with Gasteiger partial charge in [0.25, 0.3) is 5.91 Å². The minimum atomic E-state index is -1.12. The van der Waals surface area contributed by atoms with Crippen LogP contribution in [-0.2, 0) is 14.3 Å². The van der Waals surface area contributed by atoms with Gasteiger partial charge in [0.15, 0.2) is 0 Å². The fourth-order valence-corrected chi connectivity index (χ4v) is 3.57. The average Bonchev–Trinajstić information content (AvgIpc) is 2.96. The Labute approximate surface area is 162 Å². The topological polar surface area (TPSA) is 107 Å². The molecule has 0 bridgehead atoms. The second-order valence-corrected chi connectivity index (χ2v) is 6.82. The largest absolute Gasteiger partial charge is 0.478 e. The molecule has 0 aromatic heterocycles. The van der Waals surface area contributed by atoms with Crippen molar-refractivity contribution in [2.75, 3.05) is 37.7 Å². The normalized spacial score (nSPS) is 20.6. The summed E-state index contributed by atoms with van der Waals surface area (Å²) < 4.78 is 4.99.